The first kappa shape index (κ1) is 26.5. The molecule has 2 amide bonds. The van der Waals surface area contributed by atoms with Crippen molar-refractivity contribution in [3.63, 3.8) is 0 Å². The van der Waals surface area contributed by atoms with E-state index in [9.17, 15) is 37.7 Å². The van der Waals surface area contributed by atoms with Crippen LogP contribution in [0.25, 0.3) is 0 Å². The number of halogens is 3. The third kappa shape index (κ3) is 6.29. The van der Waals surface area contributed by atoms with Crippen LogP contribution in [0.4, 0.5) is 29.3 Å². The number of urea groups is 1. The van der Waals surface area contributed by atoms with Gasteiger partial charge in [-0.3, -0.25) is 14.9 Å². The first-order valence-corrected chi connectivity index (χ1v) is 11.2. The lowest BCUT2D eigenvalue weighted by molar-refractivity contribution is -0.384. The van der Waals surface area contributed by atoms with E-state index in [0.717, 1.165) is 6.07 Å². The summed E-state index contributed by atoms with van der Waals surface area (Å²) in [4.78, 5) is 47.8. The molecule has 3 rings (SSSR count). The molecule has 36 heavy (non-hydrogen) atoms. The van der Waals surface area contributed by atoms with Crippen LogP contribution in [0.5, 0.6) is 0 Å². The summed E-state index contributed by atoms with van der Waals surface area (Å²) in [5.74, 6) is -1.70. The van der Waals surface area contributed by atoms with Crippen LogP contribution in [0.15, 0.2) is 47.0 Å². The Morgan fingerprint density at radius 3 is 2.61 bits per heavy atom. The van der Waals surface area contributed by atoms with Gasteiger partial charge in [-0.15, -0.1) is 11.3 Å². The second-order valence-corrected chi connectivity index (χ2v) is 8.14. The number of alkyl halides is 3. The van der Waals surface area contributed by atoms with Gasteiger partial charge >= 0.3 is 24.1 Å². The standard InChI is InChI=1S/C21H19F3N4O7S/c1-2-34-19(30)17-13(26-20(31)27-18(17)15-4-3-7-36-15)10-35-16(29)9-25-12-6-5-11(21(22,23)24)8-14(12)28(32)33/h3-8,18,25H,2,9-10H2,1H3,(H2,26,27,31)/t18-/m1/s1. The number of benzene rings is 1. The summed E-state index contributed by atoms with van der Waals surface area (Å²) < 4.78 is 48.7. The maximum atomic E-state index is 12.8. The van der Waals surface area contributed by atoms with Gasteiger partial charge < -0.3 is 25.4 Å². The zero-order valence-electron chi connectivity index (χ0n) is 18.5. The fraction of sp³-hybridized carbons (Fsp3) is 0.286. The highest BCUT2D eigenvalue weighted by Gasteiger charge is 2.35. The van der Waals surface area contributed by atoms with E-state index in [2.05, 4.69) is 16.0 Å². The number of thiophene rings is 1. The Balaban J connectivity index is 1.74. The van der Waals surface area contributed by atoms with Crippen LogP contribution in [0.2, 0.25) is 0 Å². The zero-order valence-corrected chi connectivity index (χ0v) is 19.3. The van der Waals surface area contributed by atoms with Crippen LogP contribution in [0.1, 0.15) is 23.4 Å². The number of hydrogen-bond acceptors (Lipinski definition) is 9. The predicted octanol–water partition coefficient (Wildman–Crippen LogP) is 3.50. The van der Waals surface area contributed by atoms with Crippen molar-refractivity contribution in [2.45, 2.75) is 19.1 Å². The number of nitrogens with zero attached hydrogens (tertiary/aromatic N) is 1. The lowest BCUT2D eigenvalue weighted by atomic mass is 10.0. The number of amides is 2. The molecule has 0 saturated carbocycles. The molecule has 11 nitrogen and oxygen atoms in total. The van der Waals surface area contributed by atoms with Crippen molar-refractivity contribution in [1.82, 2.24) is 10.6 Å². The maximum absolute atomic E-state index is 12.8. The van der Waals surface area contributed by atoms with E-state index in [4.69, 9.17) is 9.47 Å². The van der Waals surface area contributed by atoms with E-state index >= 15 is 0 Å². The van der Waals surface area contributed by atoms with Crippen LogP contribution in [-0.4, -0.2) is 42.7 Å². The monoisotopic (exact) mass is 528 g/mol. The number of nitro groups is 1. The van der Waals surface area contributed by atoms with Gasteiger partial charge in [0.25, 0.3) is 5.69 Å². The molecular weight excluding hydrogens is 509 g/mol. The van der Waals surface area contributed by atoms with Crippen molar-refractivity contribution in [3.8, 4) is 0 Å². The Morgan fingerprint density at radius 2 is 2.00 bits per heavy atom. The molecule has 192 valence electrons. The van der Waals surface area contributed by atoms with Crippen molar-refractivity contribution >= 4 is 40.7 Å². The fourth-order valence-corrected chi connectivity index (χ4v) is 4.01. The number of hydrogen-bond donors (Lipinski definition) is 3. The van der Waals surface area contributed by atoms with Gasteiger partial charge in [0.15, 0.2) is 0 Å². The van der Waals surface area contributed by atoms with E-state index in [0.29, 0.717) is 17.0 Å². The highest BCUT2D eigenvalue weighted by atomic mass is 32.1. The molecule has 1 aromatic carbocycles. The van der Waals surface area contributed by atoms with Gasteiger partial charge in [0.2, 0.25) is 0 Å². The molecule has 0 bridgehead atoms. The van der Waals surface area contributed by atoms with Gasteiger partial charge in [0, 0.05) is 10.9 Å². The summed E-state index contributed by atoms with van der Waals surface area (Å²) in [6.45, 7) is 0.462. The SMILES string of the molecule is CCOC(=O)C1=C(COC(=O)CNc2ccc(C(F)(F)F)cc2[N+](=O)[O-])NC(=O)N[C@@H]1c1cccs1. The third-order valence-electron chi connectivity index (χ3n) is 4.80. The Hall–Kier alpha value is -4.14. The summed E-state index contributed by atoms with van der Waals surface area (Å²) in [6, 6.07) is 3.73. The zero-order chi connectivity index (χ0) is 26.5. The smallest absolute Gasteiger partial charge is 0.416 e. The molecule has 1 aromatic heterocycles. The third-order valence-corrected chi connectivity index (χ3v) is 5.74. The molecule has 3 N–H and O–H groups in total. The van der Waals surface area contributed by atoms with Crippen LogP contribution in [0, 0.1) is 10.1 Å². The van der Waals surface area contributed by atoms with Crippen molar-refractivity contribution in [2.24, 2.45) is 0 Å². The van der Waals surface area contributed by atoms with E-state index in [-0.39, 0.29) is 23.6 Å². The summed E-state index contributed by atoms with van der Waals surface area (Å²) in [5.41, 5.74) is -2.43. The molecule has 15 heteroatoms. The molecule has 0 spiro atoms. The highest BCUT2D eigenvalue weighted by Crippen LogP contribution is 2.35. The van der Waals surface area contributed by atoms with Gasteiger partial charge in [0.1, 0.15) is 18.8 Å². The van der Waals surface area contributed by atoms with E-state index in [1.165, 1.54) is 11.3 Å². The predicted molar refractivity (Wildman–Crippen MR) is 120 cm³/mol. The first-order valence-electron chi connectivity index (χ1n) is 10.3. The summed E-state index contributed by atoms with van der Waals surface area (Å²) in [6.07, 6.45) is -4.78. The van der Waals surface area contributed by atoms with Crippen LogP contribution >= 0.6 is 11.3 Å². The van der Waals surface area contributed by atoms with Crippen molar-refractivity contribution < 1.29 is 42.0 Å². The maximum Gasteiger partial charge on any atom is 0.416 e. The first-order chi connectivity index (χ1) is 17.0. The van der Waals surface area contributed by atoms with Gasteiger partial charge in [-0.25, -0.2) is 9.59 Å². The van der Waals surface area contributed by atoms with Crippen LogP contribution in [0.3, 0.4) is 0 Å². The lowest BCUT2D eigenvalue weighted by Crippen LogP contribution is -2.47. The summed E-state index contributed by atoms with van der Waals surface area (Å²) in [5, 5.41) is 20.3. The number of carbonyl (C=O) groups is 3. The number of carbonyl (C=O) groups excluding carboxylic acids is 3. The van der Waals surface area contributed by atoms with Gasteiger partial charge in [0.05, 0.1) is 34.4 Å². The van der Waals surface area contributed by atoms with E-state index in [1.54, 1.807) is 24.4 Å². The number of rotatable bonds is 9. The number of ether oxygens (including phenoxy) is 2. The average Bonchev–Trinajstić information content (AvgIpc) is 3.35. The van der Waals surface area contributed by atoms with Crippen LogP contribution < -0.4 is 16.0 Å². The van der Waals surface area contributed by atoms with Gasteiger partial charge in [-0.2, -0.15) is 13.2 Å². The lowest BCUT2D eigenvalue weighted by Gasteiger charge is -2.28. The number of anilines is 1. The molecule has 0 radical (unpaired) electrons. The van der Waals surface area contributed by atoms with Gasteiger partial charge in [-0.1, -0.05) is 6.07 Å². The summed E-state index contributed by atoms with van der Waals surface area (Å²) in [7, 11) is 0. The fourth-order valence-electron chi connectivity index (χ4n) is 3.23. The Kier molecular flexibility index (Phi) is 8.14. The van der Waals surface area contributed by atoms with E-state index in [1.807, 2.05) is 0 Å². The molecule has 2 heterocycles. The Bertz CT molecular complexity index is 1200. The molecule has 0 aliphatic carbocycles. The number of nitro benzene ring substituents is 1. The van der Waals surface area contributed by atoms with Crippen molar-refractivity contribution in [3.05, 3.63) is 67.5 Å². The van der Waals surface area contributed by atoms with Crippen molar-refractivity contribution in [2.75, 3.05) is 25.1 Å². The minimum atomic E-state index is -4.78. The molecule has 2 aromatic rings. The van der Waals surface area contributed by atoms with Crippen molar-refractivity contribution in [1.29, 1.82) is 0 Å². The Labute approximate surface area is 205 Å². The number of esters is 2. The quantitative estimate of drug-likeness (QED) is 0.254. The normalized spacial score (nSPS) is 15.6. The number of nitrogens with one attached hydrogen (secondary N) is 3. The van der Waals surface area contributed by atoms with E-state index < -0.39 is 59.5 Å². The largest absolute Gasteiger partial charge is 0.463 e. The Morgan fingerprint density at radius 1 is 1.25 bits per heavy atom. The minimum Gasteiger partial charge on any atom is -0.463 e. The molecule has 1 aliphatic heterocycles. The molecule has 0 fully saturated rings. The van der Waals surface area contributed by atoms with Crippen LogP contribution in [-0.2, 0) is 25.2 Å². The topological polar surface area (TPSA) is 149 Å². The molecule has 1 aliphatic rings. The molecule has 0 unspecified atom stereocenters. The molecule has 0 saturated heterocycles. The minimum absolute atomic E-state index is 0.0236. The second-order valence-electron chi connectivity index (χ2n) is 7.16. The molecular formula is C21H19F3N4O7S. The molecule has 1 atom stereocenters. The highest BCUT2D eigenvalue weighted by molar-refractivity contribution is 7.10. The van der Waals surface area contributed by atoms with Gasteiger partial charge in [-0.05, 0) is 30.5 Å². The second kappa shape index (κ2) is 11.1. The average molecular weight is 528 g/mol. The summed E-state index contributed by atoms with van der Waals surface area (Å²) >= 11 is 1.28.